The van der Waals surface area contributed by atoms with Crippen molar-refractivity contribution in [1.82, 2.24) is 4.31 Å². The zero-order chi connectivity index (χ0) is 20.9. The van der Waals surface area contributed by atoms with Crippen LogP contribution in [0.25, 0.3) is 0 Å². The van der Waals surface area contributed by atoms with E-state index in [1.165, 1.54) is 4.31 Å². The Bertz CT molecular complexity index is 948. The maximum absolute atomic E-state index is 12.8. The van der Waals surface area contributed by atoms with Gasteiger partial charge in [-0.2, -0.15) is 0 Å². The van der Waals surface area contributed by atoms with E-state index in [0.717, 1.165) is 27.7 Å². The summed E-state index contributed by atoms with van der Waals surface area (Å²) in [5.41, 5.74) is 2.91. The molecule has 0 saturated carbocycles. The van der Waals surface area contributed by atoms with Gasteiger partial charge in [0.25, 0.3) is 0 Å². The van der Waals surface area contributed by atoms with Gasteiger partial charge in [-0.25, -0.2) is 12.7 Å². The van der Waals surface area contributed by atoms with Gasteiger partial charge < -0.3 is 5.32 Å². The molecule has 1 N–H and O–H groups in total. The number of carbonyl (C=O) groups excluding carboxylic acids is 1. The normalized spacial score (nSPS) is 17.8. The average Bonchev–Trinajstić information content (AvgIpc) is 2.71. The molecule has 2 aromatic carbocycles. The highest BCUT2D eigenvalue weighted by Gasteiger charge is 2.32. The predicted molar refractivity (Wildman–Crippen MR) is 120 cm³/mol. The van der Waals surface area contributed by atoms with Crippen molar-refractivity contribution in [3.63, 3.8) is 0 Å². The Morgan fingerprint density at radius 2 is 1.97 bits per heavy atom. The van der Waals surface area contributed by atoms with E-state index >= 15 is 0 Å². The molecule has 1 fully saturated rings. The molecule has 156 valence electrons. The van der Waals surface area contributed by atoms with Crippen LogP contribution in [0.1, 0.15) is 30.4 Å². The number of rotatable bonds is 7. The van der Waals surface area contributed by atoms with Crippen molar-refractivity contribution in [1.29, 1.82) is 0 Å². The predicted octanol–water partition coefficient (Wildman–Crippen LogP) is 4.37. The molecule has 0 spiro atoms. The molecular weight excluding hydrogens is 452 g/mol. The van der Waals surface area contributed by atoms with E-state index in [-0.39, 0.29) is 24.1 Å². The van der Waals surface area contributed by atoms with Gasteiger partial charge in [0, 0.05) is 23.2 Å². The van der Waals surface area contributed by atoms with Gasteiger partial charge in [0.2, 0.25) is 15.9 Å². The second kappa shape index (κ2) is 9.87. The van der Waals surface area contributed by atoms with Crippen LogP contribution in [-0.4, -0.2) is 37.5 Å². The first-order chi connectivity index (χ1) is 13.8. The summed E-state index contributed by atoms with van der Waals surface area (Å²) < 4.78 is 28.0. The molecule has 29 heavy (non-hydrogen) atoms. The molecule has 0 bridgehead atoms. The summed E-state index contributed by atoms with van der Waals surface area (Å²) in [6.45, 7) is 2.72. The second-order valence-corrected chi connectivity index (χ2v) is 10.5. The number of hydrogen-bond acceptors (Lipinski definition) is 3. The highest BCUT2D eigenvalue weighted by Crippen LogP contribution is 2.24. The summed E-state index contributed by atoms with van der Waals surface area (Å²) in [5, 5.41) is 2.94. The molecule has 5 nitrogen and oxygen atoms in total. The molecule has 1 atom stereocenters. The lowest BCUT2D eigenvalue weighted by atomic mass is 9.98. The number of halogens is 1. The van der Waals surface area contributed by atoms with Crippen molar-refractivity contribution in [3.8, 4) is 0 Å². The summed E-state index contributed by atoms with van der Waals surface area (Å²) in [6, 6.07) is 15.5. The Morgan fingerprint density at radius 1 is 1.21 bits per heavy atom. The van der Waals surface area contributed by atoms with E-state index < -0.39 is 10.0 Å². The number of anilines is 1. The van der Waals surface area contributed by atoms with Gasteiger partial charge in [0.15, 0.2) is 0 Å². The smallest absolute Gasteiger partial charge is 0.228 e. The fourth-order valence-corrected chi connectivity index (χ4v) is 5.44. The zero-order valence-corrected chi connectivity index (χ0v) is 19.0. The quantitative estimate of drug-likeness (QED) is 0.642. The first kappa shape index (κ1) is 22.0. The second-order valence-electron chi connectivity index (χ2n) is 7.56. The first-order valence-corrected chi connectivity index (χ1v) is 12.3. The summed E-state index contributed by atoms with van der Waals surface area (Å²) in [4.78, 5) is 12.7. The molecule has 1 aliphatic heterocycles. The van der Waals surface area contributed by atoms with Crippen LogP contribution in [0.4, 0.5) is 5.69 Å². The van der Waals surface area contributed by atoms with Crippen LogP contribution in [0.5, 0.6) is 0 Å². The third-order valence-electron chi connectivity index (χ3n) is 5.28. The van der Waals surface area contributed by atoms with Crippen molar-refractivity contribution in [2.45, 2.75) is 32.6 Å². The minimum atomic E-state index is -3.36. The number of aryl methyl sites for hydroxylation is 2. The molecule has 0 radical (unpaired) electrons. The lowest BCUT2D eigenvalue weighted by molar-refractivity contribution is -0.120. The van der Waals surface area contributed by atoms with Crippen molar-refractivity contribution in [2.75, 3.05) is 24.2 Å². The molecule has 1 amide bonds. The van der Waals surface area contributed by atoms with E-state index in [1.807, 2.05) is 55.5 Å². The van der Waals surface area contributed by atoms with Crippen LogP contribution in [0, 0.1) is 12.8 Å². The highest BCUT2D eigenvalue weighted by atomic mass is 79.9. The van der Waals surface area contributed by atoms with Gasteiger partial charge in [-0.15, -0.1) is 0 Å². The molecule has 1 heterocycles. The molecule has 1 aliphatic rings. The van der Waals surface area contributed by atoms with Crippen LogP contribution in [0.15, 0.2) is 53.0 Å². The Kier molecular flexibility index (Phi) is 7.49. The van der Waals surface area contributed by atoms with E-state index in [2.05, 4.69) is 21.2 Å². The molecule has 0 aromatic heterocycles. The van der Waals surface area contributed by atoms with Crippen LogP contribution < -0.4 is 5.32 Å². The van der Waals surface area contributed by atoms with Crippen LogP contribution in [0.3, 0.4) is 0 Å². The summed E-state index contributed by atoms with van der Waals surface area (Å²) >= 11 is 3.45. The van der Waals surface area contributed by atoms with Gasteiger partial charge in [-0.1, -0.05) is 46.3 Å². The van der Waals surface area contributed by atoms with Crippen LogP contribution >= 0.6 is 15.9 Å². The number of nitrogens with one attached hydrogen (secondary N) is 1. The largest absolute Gasteiger partial charge is 0.326 e. The number of carbonyl (C=O) groups is 1. The monoisotopic (exact) mass is 478 g/mol. The number of sulfonamides is 1. The van der Waals surface area contributed by atoms with Crippen LogP contribution in [-0.2, 0) is 21.2 Å². The molecule has 0 unspecified atom stereocenters. The minimum absolute atomic E-state index is 0.113. The van der Waals surface area contributed by atoms with Gasteiger partial charge in [-0.3, -0.25) is 4.79 Å². The van der Waals surface area contributed by atoms with Gasteiger partial charge >= 0.3 is 0 Å². The number of benzene rings is 2. The van der Waals surface area contributed by atoms with Crippen LogP contribution in [0.2, 0.25) is 0 Å². The SMILES string of the molecule is Cc1cc(NC(=O)[C@@H]2CCCN(S(=O)(=O)CCCc3ccccc3)C2)ccc1Br. The maximum atomic E-state index is 12.8. The summed E-state index contributed by atoms with van der Waals surface area (Å²) in [5.74, 6) is -0.324. The number of nitrogens with zero attached hydrogens (tertiary/aromatic N) is 1. The average molecular weight is 479 g/mol. The van der Waals surface area contributed by atoms with Gasteiger partial charge in [0.1, 0.15) is 0 Å². The van der Waals surface area contributed by atoms with Gasteiger partial charge in [-0.05, 0) is 61.9 Å². The minimum Gasteiger partial charge on any atom is -0.326 e. The fraction of sp³-hybridized carbons (Fsp3) is 0.409. The number of piperidine rings is 1. The zero-order valence-electron chi connectivity index (χ0n) is 16.6. The third kappa shape index (κ3) is 6.14. The number of hydrogen-bond donors (Lipinski definition) is 1. The highest BCUT2D eigenvalue weighted by molar-refractivity contribution is 9.10. The summed E-state index contributed by atoms with van der Waals surface area (Å²) in [7, 11) is -3.36. The lowest BCUT2D eigenvalue weighted by Crippen LogP contribution is -2.44. The molecule has 2 aromatic rings. The van der Waals surface area contributed by atoms with E-state index in [1.54, 1.807) is 0 Å². The van der Waals surface area contributed by atoms with Crippen molar-refractivity contribution in [3.05, 3.63) is 64.1 Å². The Labute approximate surface area is 181 Å². The molecule has 1 saturated heterocycles. The lowest BCUT2D eigenvalue weighted by Gasteiger charge is -2.31. The Balaban J connectivity index is 1.55. The van der Waals surface area contributed by atoms with Gasteiger partial charge in [0.05, 0.1) is 11.7 Å². The van der Waals surface area contributed by atoms with Crippen molar-refractivity contribution >= 4 is 37.5 Å². The summed E-state index contributed by atoms with van der Waals surface area (Å²) in [6.07, 6.45) is 2.73. The number of amides is 1. The molecule has 7 heteroatoms. The van der Waals surface area contributed by atoms with E-state index in [4.69, 9.17) is 0 Å². The Hall–Kier alpha value is -1.70. The van der Waals surface area contributed by atoms with E-state index in [9.17, 15) is 13.2 Å². The van der Waals surface area contributed by atoms with E-state index in [0.29, 0.717) is 25.8 Å². The standard InChI is InChI=1S/C22H27BrN2O3S/c1-17-15-20(11-12-21(17)23)24-22(26)19-10-5-13-25(16-19)29(27,28)14-6-9-18-7-3-2-4-8-18/h2-4,7-8,11-12,15,19H,5-6,9-10,13-14,16H2,1H3,(H,24,26)/t19-/m1/s1. The maximum Gasteiger partial charge on any atom is 0.228 e. The van der Waals surface area contributed by atoms with Crippen molar-refractivity contribution in [2.24, 2.45) is 5.92 Å². The van der Waals surface area contributed by atoms with Crippen molar-refractivity contribution < 1.29 is 13.2 Å². The molecular formula is C22H27BrN2O3S. The molecule has 3 rings (SSSR count). The topological polar surface area (TPSA) is 66.5 Å². The Morgan fingerprint density at radius 3 is 2.69 bits per heavy atom. The fourth-order valence-electron chi connectivity index (χ4n) is 3.61. The third-order valence-corrected chi connectivity index (χ3v) is 8.10. The molecule has 0 aliphatic carbocycles. The first-order valence-electron chi connectivity index (χ1n) is 9.94.